The number of nitrogens with zero attached hydrogens (tertiary/aromatic N) is 2. The smallest absolute Gasteiger partial charge is 0.285 e. The van der Waals surface area contributed by atoms with E-state index in [2.05, 4.69) is 0 Å². The highest BCUT2D eigenvalue weighted by Crippen LogP contribution is 2.29. The summed E-state index contributed by atoms with van der Waals surface area (Å²) >= 11 is 0. The summed E-state index contributed by atoms with van der Waals surface area (Å²) in [6, 6.07) is 4.12. The van der Waals surface area contributed by atoms with Crippen molar-refractivity contribution in [3.8, 4) is 5.75 Å². The van der Waals surface area contributed by atoms with Crippen molar-refractivity contribution in [2.75, 3.05) is 32.9 Å². The summed E-state index contributed by atoms with van der Waals surface area (Å²) in [6.07, 6.45) is 0. The number of carbonyl (C=O) groups is 1. The monoisotopic (exact) mass is 298 g/mol. The first-order valence-corrected chi connectivity index (χ1v) is 6.48. The fourth-order valence-electron chi connectivity index (χ4n) is 1.88. The summed E-state index contributed by atoms with van der Waals surface area (Å²) in [4.78, 5) is 24.0. The fraction of sp³-hybridized carbons (Fsp3) is 0.462. The molecule has 1 rings (SSSR count). The largest absolute Gasteiger partial charge is 0.493 e. The Hall–Kier alpha value is -2.19. The SMILES string of the molecule is CCOc1cccc([N+](=O)[O-])c1C(=O)N(CCO)CCO. The van der Waals surface area contributed by atoms with Gasteiger partial charge in [-0.3, -0.25) is 14.9 Å². The van der Waals surface area contributed by atoms with Crippen LogP contribution in [0.15, 0.2) is 18.2 Å². The summed E-state index contributed by atoms with van der Waals surface area (Å²) in [7, 11) is 0. The molecule has 1 aromatic carbocycles. The quantitative estimate of drug-likeness (QED) is 0.531. The number of benzene rings is 1. The third kappa shape index (κ3) is 4.14. The summed E-state index contributed by atoms with van der Waals surface area (Å²) in [5.41, 5.74) is -0.543. The number of hydrogen-bond acceptors (Lipinski definition) is 6. The molecule has 0 aliphatic heterocycles. The van der Waals surface area contributed by atoms with Crippen molar-refractivity contribution in [3.63, 3.8) is 0 Å². The van der Waals surface area contributed by atoms with Crippen LogP contribution in [-0.4, -0.2) is 58.9 Å². The molecule has 0 bridgehead atoms. The molecule has 0 saturated carbocycles. The third-order valence-corrected chi connectivity index (χ3v) is 2.74. The van der Waals surface area contributed by atoms with E-state index in [0.717, 1.165) is 4.90 Å². The molecule has 0 heterocycles. The Kier molecular flexibility index (Phi) is 6.57. The van der Waals surface area contributed by atoms with Gasteiger partial charge in [-0.25, -0.2) is 0 Å². The maximum absolute atomic E-state index is 12.5. The maximum Gasteiger partial charge on any atom is 0.285 e. The zero-order valence-corrected chi connectivity index (χ0v) is 11.7. The van der Waals surface area contributed by atoms with Crippen LogP contribution in [-0.2, 0) is 0 Å². The Labute approximate surface area is 121 Å². The molecule has 116 valence electrons. The van der Waals surface area contributed by atoms with Crippen LogP contribution in [0.1, 0.15) is 17.3 Å². The van der Waals surface area contributed by atoms with E-state index >= 15 is 0 Å². The summed E-state index contributed by atoms with van der Waals surface area (Å²) in [6.45, 7) is 1.27. The molecule has 8 heteroatoms. The Morgan fingerprint density at radius 1 is 1.33 bits per heavy atom. The number of nitro benzene ring substituents is 1. The molecule has 1 aromatic rings. The summed E-state index contributed by atoms with van der Waals surface area (Å²) < 4.78 is 5.28. The number of aliphatic hydroxyl groups excluding tert-OH is 2. The standard InChI is InChI=1S/C13H18N2O6/c1-2-21-11-5-3-4-10(15(19)20)12(11)13(18)14(6-8-16)7-9-17/h3-5,16-17H,2,6-9H2,1H3. The second-order valence-corrected chi connectivity index (χ2v) is 4.08. The first-order chi connectivity index (χ1) is 10.1. The number of nitro groups is 1. The molecule has 8 nitrogen and oxygen atoms in total. The van der Waals surface area contributed by atoms with Gasteiger partial charge >= 0.3 is 0 Å². The molecular formula is C13H18N2O6. The second kappa shape index (κ2) is 8.18. The van der Waals surface area contributed by atoms with Gasteiger partial charge in [-0.2, -0.15) is 0 Å². The molecule has 1 amide bonds. The first kappa shape index (κ1) is 16.9. The number of ether oxygens (including phenoxy) is 1. The van der Waals surface area contributed by atoms with Crippen LogP contribution in [0.2, 0.25) is 0 Å². The highest BCUT2D eigenvalue weighted by atomic mass is 16.6. The van der Waals surface area contributed by atoms with E-state index in [4.69, 9.17) is 14.9 Å². The van der Waals surface area contributed by atoms with Crippen molar-refractivity contribution in [1.82, 2.24) is 4.90 Å². The van der Waals surface area contributed by atoms with Crippen LogP contribution in [0, 0.1) is 10.1 Å². The molecule has 0 radical (unpaired) electrons. The Balaban J connectivity index is 3.29. The first-order valence-electron chi connectivity index (χ1n) is 6.48. The van der Waals surface area contributed by atoms with Gasteiger partial charge in [0.25, 0.3) is 11.6 Å². The van der Waals surface area contributed by atoms with Crippen LogP contribution in [0.25, 0.3) is 0 Å². The average molecular weight is 298 g/mol. The molecule has 21 heavy (non-hydrogen) atoms. The minimum atomic E-state index is -0.661. The van der Waals surface area contributed by atoms with Crippen LogP contribution in [0.3, 0.4) is 0 Å². The lowest BCUT2D eigenvalue weighted by molar-refractivity contribution is -0.385. The molecular weight excluding hydrogens is 280 g/mol. The molecule has 0 aliphatic carbocycles. The van der Waals surface area contributed by atoms with Gasteiger partial charge in [0.2, 0.25) is 0 Å². The van der Waals surface area contributed by atoms with Crippen molar-refractivity contribution in [2.24, 2.45) is 0 Å². The highest BCUT2D eigenvalue weighted by Gasteiger charge is 2.28. The normalized spacial score (nSPS) is 10.2. The van der Waals surface area contributed by atoms with Crippen molar-refractivity contribution < 1.29 is 24.7 Å². The number of rotatable bonds is 8. The van der Waals surface area contributed by atoms with Gasteiger partial charge in [-0.05, 0) is 13.0 Å². The molecule has 0 aliphatic rings. The van der Waals surface area contributed by atoms with Gasteiger partial charge in [-0.15, -0.1) is 0 Å². The number of aliphatic hydroxyl groups is 2. The molecule has 0 fully saturated rings. The van der Waals surface area contributed by atoms with E-state index in [1.807, 2.05) is 0 Å². The van der Waals surface area contributed by atoms with Gasteiger partial charge < -0.3 is 19.8 Å². The Morgan fingerprint density at radius 3 is 2.43 bits per heavy atom. The number of hydrogen-bond donors (Lipinski definition) is 2. The molecule has 0 saturated heterocycles. The maximum atomic E-state index is 12.5. The Morgan fingerprint density at radius 2 is 1.95 bits per heavy atom. The minimum absolute atomic E-state index is 0.0307. The molecule has 0 atom stereocenters. The second-order valence-electron chi connectivity index (χ2n) is 4.08. The Bertz CT molecular complexity index is 499. The van der Waals surface area contributed by atoms with Crippen LogP contribution in [0.5, 0.6) is 5.75 Å². The average Bonchev–Trinajstić information content (AvgIpc) is 2.46. The van der Waals surface area contributed by atoms with Crippen LogP contribution < -0.4 is 4.74 Å². The van der Waals surface area contributed by atoms with E-state index in [1.54, 1.807) is 6.92 Å². The van der Waals surface area contributed by atoms with Crippen molar-refractivity contribution in [1.29, 1.82) is 0 Å². The van der Waals surface area contributed by atoms with E-state index in [0.29, 0.717) is 0 Å². The van der Waals surface area contributed by atoms with Crippen molar-refractivity contribution in [3.05, 3.63) is 33.9 Å². The van der Waals surface area contributed by atoms with E-state index in [-0.39, 0.29) is 49.9 Å². The van der Waals surface area contributed by atoms with E-state index in [9.17, 15) is 14.9 Å². The summed E-state index contributed by atoms with van der Waals surface area (Å²) in [5, 5.41) is 29.0. The molecule has 0 unspecified atom stereocenters. The minimum Gasteiger partial charge on any atom is -0.493 e. The molecule has 0 spiro atoms. The van der Waals surface area contributed by atoms with Gasteiger partial charge in [0.05, 0.1) is 24.7 Å². The van der Waals surface area contributed by atoms with Crippen molar-refractivity contribution in [2.45, 2.75) is 6.92 Å². The zero-order chi connectivity index (χ0) is 15.8. The zero-order valence-electron chi connectivity index (χ0n) is 11.7. The van der Waals surface area contributed by atoms with E-state index < -0.39 is 10.8 Å². The lowest BCUT2D eigenvalue weighted by Crippen LogP contribution is -2.36. The molecule has 0 aromatic heterocycles. The van der Waals surface area contributed by atoms with Gasteiger partial charge in [-0.1, -0.05) is 6.07 Å². The highest BCUT2D eigenvalue weighted by molar-refractivity contribution is 6.01. The van der Waals surface area contributed by atoms with Crippen LogP contribution in [0.4, 0.5) is 5.69 Å². The van der Waals surface area contributed by atoms with Crippen molar-refractivity contribution >= 4 is 11.6 Å². The van der Waals surface area contributed by atoms with Gasteiger partial charge in [0.1, 0.15) is 5.75 Å². The van der Waals surface area contributed by atoms with Gasteiger partial charge in [0.15, 0.2) is 5.56 Å². The van der Waals surface area contributed by atoms with Crippen LogP contribution >= 0.6 is 0 Å². The molecule has 2 N–H and O–H groups in total. The number of carbonyl (C=O) groups excluding carboxylic acids is 1. The summed E-state index contributed by atoms with van der Waals surface area (Å²) in [5.74, 6) is -0.550. The lowest BCUT2D eigenvalue weighted by Gasteiger charge is -2.21. The fourth-order valence-corrected chi connectivity index (χ4v) is 1.88. The topological polar surface area (TPSA) is 113 Å². The predicted octanol–water partition coefficient (Wildman–Crippen LogP) is 0.420. The predicted molar refractivity (Wildman–Crippen MR) is 74.3 cm³/mol. The van der Waals surface area contributed by atoms with Gasteiger partial charge in [0, 0.05) is 19.2 Å². The lowest BCUT2D eigenvalue weighted by atomic mass is 10.1. The number of amides is 1. The third-order valence-electron chi connectivity index (χ3n) is 2.74. The van der Waals surface area contributed by atoms with E-state index in [1.165, 1.54) is 18.2 Å².